The third-order valence-corrected chi connectivity index (χ3v) is 17.8. The van der Waals surface area contributed by atoms with Gasteiger partial charge in [0.25, 0.3) is 0 Å². The molecule has 0 aliphatic heterocycles. The number of ether oxygens (including phenoxy) is 2. The van der Waals surface area contributed by atoms with E-state index in [4.69, 9.17) is 9.47 Å². The van der Waals surface area contributed by atoms with E-state index in [0.29, 0.717) is 12.8 Å². The van der Waals surface area contributed by atoms with Crippen molar-refractivity contribution in [1.82, 2.24) is 0 Å². The van der Waals surface area contributed by atoms with Crippen LogP contribution in [0.2, 0.25) is 0 Å². The predicted molar refractivity (Wildman–Crippen MR) is 403 cm³/mol. The molecule has 1 atom stereocenters. The second-order valence-electron chi connectivity index (χ2n) is 26.8. The quantitative estimate of drug-likeness (QED) is 0.0373. The second kappa shape index (κ2) is 80.8. The minimum absolute atomic E-state index is 0.0653. The molecule has 1 unspecified atom stereocenters. The molecule has 5 heteroatoms. The van der Waals surface area contributed by atoms with Gasteiger partial charge in [0.1, 0.15) is 6.61 Å². The van der Waals surface area contributed by atoms with Gasteiger partial charge in [0.05, 0.1) is 6.61 Å². The molecule has 526 valence electrons. The average molecular weight is 1270 g/mol. The lowest BCUT2D eigenvalue weighted by Crippen LogP contribution is -2.28. The van der Waals surface area contributed by atoms with Crippen LogP contribution in [0.15, 0.2) is 109 Å². The van der Waals surface area contributed by atoms with E-state index in [-0.39, 0.29) is 25.2 Å². The summed E-state index contributed by atoms with van der Waals surface area (Å²) in [6, 6.07) is 0. The standard InChI is InChI=1S/C86H152O5/c1-3-5-7-9-11-13-15-17-19-21-23-25-27-29-31-33-35-37-39-41-42-43-44-45-47-49-51-53-55-57-59-61-63-65-67-69-71-73-75-77-79-81-86(89)91-84(82-87)83-90-85(88)80-78-76-74-72-70-68-66-64-62-60-58-56-54-52-50-48-46-40-38-36-34-32-30-28-26-24-22-20-18-16-14-12-10-8-6-4-2/h5,7,11,13,17,19,23,25,29,31,35,37,41-42,44-45,49,51,84,87H,3-4,6,8-10,12,14-16,18,20-22,24,26-28,30,32-34,36,38-40,43,46-48,50,52-83H2,1-2H3/b7-5-,13-11-,19-17-,25-23-,31-29-,37-35-,42-41-,45-44-,51-49-. The maximum Gasteiger partial charge on any atom is 0.306 e. The SMILES string of the molecule is CC/C=C\C/C=C\C/C=C\C/C=C\C/C=C\C/C=C\C/C=C\C/C=C\C/C=C\CCCCCCCCCCCCCCCC(=O)OC(CO)COC(=O)CCCCCCCCCCCCCCCCCCCCCCCCCCCCCCCCCCCCCC. The Balaban J connectivity index is 3.44. The Hall–Kier alpha value is -3.44. The van der Waals surface area contributed by atoms with Gasteiger partial charge in [-0.05, 0) is 83.5 Å². The van der Waals surface area contributed by atoms with Crippen molar-refractivity contribution >= 4 is 11.9 Å². The van der Waals surface area contributed by atoms with Gasteiger partial charge in [-0.25, -0.2) is 0 Å². The number of unbranched alkanes of at least 4 members (excludes halogenated alkanes) is 48. The number of esters is 2. The maximum absolute atomic E-state index is 12.4. The van der Waals surface area contributed by atoms with Gasteiger partial charge in [0.15, 0.2) is 6.10 Å². The summed E-state index contributed by atoms with van der Waals surface area (Å²) in [5, 5.41) is 9.73. The molecule has 0 aliphatic carbocycles. The van der Waals surface area contributed by atoms with Crippen LogP contribution in [0.5, 0.6) is 0 Å². The molecule has 0 heterocycles. The van der Waals surface area contributed by atoms with E-state index in [1.54, 1.807) is 0 Å². The number of hydrogen-bond acceptors (Lipinski definition) is 5. The minimum Gasteiger partial charge on any atom is -0.462 e. The van der Waals surface area contributed by atoms with E-state index in [1.807, 2.05) is 0 Å². The Morgan fingerprint density at radius 1 is 0.264 bits per heavy atom. The van der Waals surface area contributed by atoms with Crippen molar-refractivity contribution in [3.8, 4) is 0 Å². The number of hydrogen-bond donors (Lipinski definition) is 1. The Bertz CT molecular complexity index is 1730. The van der Waals surface area contributed by atoms with E-state index >= 15 is 0 Å². The molecule has 0 saturated carbocycles. The first kappa shape index (κ1) is 87.6. The number of carbonyl (C=O) groups is 2. The van der Waals surface area contributed by atoms with Gasteiger partial charge in [-0.15, -0.1) is 0 Å². The molecule has 0 rings (SSSR count). The minimum atomic E-state index is -0.778. The lowest BCUT2D eigenvalue weighted by molar-refractivity contribution is -0.161. The number of aliphatic hydroxyl groups excluding tert-OH is 1. The molecule has 0 spiro atoms. The third-order valence-electron chi connectivity index (χ3n) is 17.8. The molecule has 0 aromatic heterocycles. The van der Waals surface area contributed by atoms with Crippen molar-refractivity contribution in [2.24, 2.45) is 0 Å². The molecular formula is C86H152O5. The first-order chi connectivity index (χ1) is 45.1. The van der Waals surface area contributed by atoms with Crippen LogP contribution >= 0.6 is 0 Å². The van der Waals surface area contributed by atoms with Crippen LogP contribution in [0.4, 0.5) is 0 Å². The molecular weight excluding hydrogens is 1110 g/mol. The number of aliphatic hydroxyl groups is 1. The van der Waals surface area contributed by atoms with Gasteiger partial charge in [-0.1, -0.05) is 419 Å². The Morgan fingerprint density at radius 3 is 0.714 bits per heavy atom. The van der Waals surface area contributed by atoms with Gasteiger partial charge in [-0.3, -0.25) is 9.59 Å². The molecule has 0 aliphatic rings. The zero-order valence-corrected chi connectivity index (χ0v) is 60.6. The zero-order chi connectivity index (χ0) is 65.4. The highest BCUT2D eigenvalue weighted by atomic mass is 16.6. The van der Waals surface area contributed by atoms with Gasteiger partial charge in [0, 0.05) is 12.8 Å². The van der Waals surface area contributed by atoms with E-state index < -0.39 is 6.10 Å². The normalized spacial score (nSPS) is 12.8. The molecule has 0 aromatic rings. The van der Waals surface area contributed by atoms with Crippen LogP contribution < -0.4 is 0 Å². The van der Waals surface area contributed by atoms with Crippen LogP contribution in [0.3, 0.4) is 0 Å². The predicted octanol–water partition coefficient (Wildman–Crippen LogP) is 28.3. The molecule has 91 heavy (non-hydrogen) atoms. The summed E-state index contributed by atoms with van der Waals surface area (Å²) < 4.78 is 10.8. The van der Waals surface area contributed by atoms with Crippen molar-refractivity contribution in [3.05, 3.63) is 109 Å². The Kier molecular flexibility index (Phi) is 77.7. The molecule has 0 amide bonds. The molecule has 0 radical (unpaired) electrons. The Morgan fingerprint density at radius 2 is 0.473 bits per heavy atom. The van der Waals surface area contributed by atoms with Crippen molar-refractivity contribution in [1.29, 1.82) is 0 Å². The highest BCUT2D eigenvalue weighted by Gasteiger charge is 2.16. The largest absolute Gasteiger partial charge is 0.462 e. The summed E-state index contributed by atoms with van der Waals surface area (Å²) in [7, 11) is 0. The third kappa shape index (κ3) is 78.9. The molecule has 1 N–H and O–H groups in total. The van der Waals surface area contributed by atoms with Gasteiger partial charge < -0.3 is 14.6 Å². The van der Waals surface area contributed by atoms with Crippen LogP contribution in [0, 0.1) is 0 Å². The zero-order valence-electron chi connectivity index (χ0n) is 60.6. The van der Waals surface area contributed by atoms with Crippen molar-refractivity contribution in [3.63, 3.8) is 0 Å². The summed E-state index contributed by atoms with van der Waals surface area (Å²) in [6.45, 7) is 4.08. The van der Waals surface area contributed by atoms with Crippen LogP contribution in [-0.2, 0) is 19.1 Å². The monoisotopic (exact) mass is 1270 g/mol. The fraction of sp³-hybridized carbons (Fsp3) is 0.767. The summed E-state index contributed by atoms with van der Waals surface area (Å²) in [6.07, 6.45) is 117. The first-order valence-corrected chi connectivity index (χ1v) is 39.9. The van der Waals surface area contributed by atoms with Crippen LogP contribution in [0.1, 0.15) is 406 Å². The van der Waals surface area contributed by atoms with Crippen molar-refractivity contribution < 1.29 is 24.2 Å². The Labute approximate surface area is 567 Å². The van der Waals surface area contributed by atoms with Gasteiger partial charge >= 0.3 is 11.9 Å². The number of rotatable bonds is 74. The van der Waals surface area contributed by atoms with Crippen LogP contribution in [-0.4, -0.2) is 36.4 Å². The van der Waals surface area contributed by atoms with E-state index in [0.717, 1.165) is 96.3 Å². The number of allylic oxidation sites excluding steroid dienone is 18. The summed E-state index contributed by atoms with van der Waals surface area (Å²) in [4.78, 5) is 24.7. The van der Waals surface area contributed by atoms with Gasteiger partial charge in [0.2, 0.25) is 0 Å². The summed E-state index contributed by atoms with van der Waals surface area (Å²) in [5.74, 6) is -0.576. The maximum atomic E-state index is 12.4. The highest BCUT2D eigenvalue weighted by Crippen LogP contribution is 2.19. The van der Waals surface area contributed by atoms with Gasteiger partial charge in [-0.2, -0.15) is 0 Å². The molecule has 0 fully saturated rings. The fourth-order valence-corrected chi connectivity index (χ4v) is 11.9. The van der Waals surface area contributed by atoms with E-state index in [9.17, 15) is 14.7 Å². The molecule has 5 nitrogen and oxygen atoms in total. The summed E-state index contributed by atoms with van der Waals surface area (Å²) >= 11 is 0. The van der Waals surface area contributed by atoms with Crippen molar-refractivity contribution in [2.75, 3.05) is 13.2 Å². The van der Waals surface area contributed by atoms with E-state index in [1.165, 1.54) is 283 Å². The molecule has 0 aromatic carbocycles. The number of carbonyl (C=O) groups excluding carboxylic acids is 2. The smallest absolute Gasteiger partial charge is 0.306 e. The lowest BCUT2D eigenvalue weighted by atomic mass is 10.0. The second-order valence-corrected chi connectivity index (χ2v) is 26.8. The van der Waals surface area contributed by atoms with Crippen molar-refractivity contribution in [2.45, 2.75) is 412 Å². The van der Waals surface area contributed by atoms with Crippen LogP contribution in [0.25, 0.3) is 0 Å². The fourth-order valence-electron chi connectivity index (χ4n) is 11.9. The van der Waals surface area contributed by atoms with E-state index in [2.05, 4.69) is 123 Å². The topological polar surface area (TPSA) is 72.8 Å². The summed E-state index contributed by atoms with van der Waals surface area (Å²) in [5.41, 5.74) is 0. The highest BCUT2D eigenvalue weighted by molar-refractivity contribution is 5.70. The average Bonchev–Trinajstić information content (AvgIpc) is 3.68. The molecule has 0 bridgehead atoms. The molecule has 0 saturated heterocycles. The first-order valence-electron chi connectivity index (χ1n) is 39.9. The lowest BCUT2D eigenvalue weighted by Gasteiger charge is -2.15.